The van der Waals surface area contributed by atoms with E-state index in [4.69, 9.17) is 4.74 Å². The lowest BCUT2D eigenvalue weighted by Gasteiger charge is -2.40. The lowest BCUT2D eigenvalue weighted by Crippen LogP contribution is -2.51. The molecule has 3 nitrogen and oxygen atoms in total. The van der Waals surface area contributed by atoms with Gasteiger partial charge in [0.25, 0.3) is 0 Å². The molecule has 0 bridgehead atoms. The number of hydrogen-bond acceptors (Lipinski definition) is 3. The number of rotatable bonds is 4. The van der Waals surface area contributed by atoms with Gasteiger partial charge in [0.2, 0.25) is 0 Å². The molecular weight excluding hydrogens is 236 g/mol. The van der Waals surface area contributed by atoms with E-state index >= 15 is 0 Å². The Morgan fingerprint density at radius 3 is 2.53 bits per heavy atom. The third-order valence-electron chi connectivity index (χ3n) is 4.45. The van der Waals surface area contributed by atoms with Gasteiger partial charge in [-0.15, -0.1) is 0 Å². The maximum atomic E-state index is 5.48. The van der Waals surface area contributed by atoms with E-state index in [2.05, 4.69) is 31.0 Å². The van der Waals surface area contributed by atoms with Crippen LogP contribution in [-0.2, 0) is 4.74 Å². The Hall–Kier alpha value is -0.120. The predicted molar refractivity (Wildman–Crippen MR) is 80.5 cm³/mol. The Kier molecular flexibility index (Phi) is 5.67. The van der Waals surface area contributed by atoms with Gasteiger partial charge in [-0.25, -0.2) is 0 Å². The van der Waals surface area contributed by atoms with Gasteiger partial charge in [-0.05, 0) is 58.9 Å². The van der Waals surface area contributed by atoms with Crippen molar-refractivity contribution in [1.82, 2.24) is 10.2 Å². The van der Waals surface area contributed by atoms with Crippen LogP contribution in [0.25, 0.3) is 0 Å². The van der Waals surface area contributed by atoms with Crippen molar-refractivity contribution < 1.29 is 4.74 Å². The molecule has 0 amide bonds. The Morgan fingerprint density at radius 2 is 1.84 bits per heavy atom. The molecule has 1 atom stereocenters. The summed E-state index contributed by atoms with van der Waals surface area (Å²) in [6.45, 7) is 12.5. The third-order valence-corrected chi connectivity index (χ3v) is 4.45. The van der Waals surface area contributed by atoms with Gasteiger partial charge in [0.05, 0.1) is 0 Å². The van der Waals surface area contributed by atoms with Crippen molar-refractivity contribution in [1.29, 1.82) is 0 Å². The second kappa shape index (κ2) is 7.05. The summed E-state index contributed by atoms with van der Waals surface area (Å²) in [5.74, 6) is 0.865. The van der Waals surface area contributed by atoms with E-state index in [0.717, 1.165) is 31.7 Å². The molecule has 3 heteroatoms. The molecule has 0 aromatic heterocycles. The average Bonchev–Trinajstić information content (AvgIpc) is 2.38. The zero-order valence-electron chi connectivity index (χ0n) is 13.1. The van der Waals surface area contributed by atoms with Crippen molar-refractivity contribution >= 4 is 0 Å². The number of nitrogens with zero attached hydrogens (tertiary/aromatic N) is 1. The first-order valence-corrected chi connectivity index (χ1v) is 8.11. The highest BCUT2D eigenvalue weighted by Crippen LogP contribution is 2.22. The highest BCUT2D eigenvalue weighted by molar-refractivity contribution is 4.83. The van der Waals surface area contributed by atoms with Crippen LogP contribution in [0.1, 0.15) is 52.9 Å². The molecule has 0 aromatic carbocycles. The monoisotopic (exact) mass is 268 g/mol. The van der Waals surface area contributed by atoms with Crippen molar-refractivity contribution in [3.63, 3.8) is 0 Å². The number of ether oxygens (including phenoxy) is 1. The van der Waals surface area contributed by atoms with Crippen LogP contribution >= 0.6 is 0 Å². The third kappa shape index (κ3) is 5.41. The van der Waals surface area contributed by atoms with Crippen molar-refractivity contribution in [2.24, 2.45) is 5.92 Å². The molecule has 2 aliphatic heterocycles. The molecule has 2 rings (SSSR count). The maximum Gasteiger partial charge on any atom is 0.0469 e. The Balaban J connectivity index is 1.81. The molecule has 0 aliphatic carbocycles. The smallest absolute Gasteiger partial charge is 0.0469 e. The number of hydrogen-bond donors (Lipinski definition) is 1. The molecule has 2 saturated heterocycles. The van der Waals surface area contributed by atoms with Gasteiger partial charge in [-0.2, -0.15) is 0 Å². The Labute approximate surface area is 119 Å². The van der Waals surface area contributed by atoms with Crippen molar-refractivity contribution in [3.05, 3.63) is 0 Å². The maximum absolute atomic E-state index is 5.48. The van der Waals surface area contributed by atoms with E-state index in [1.165, 1.54) is 45.2 Å². The van der Waals surface area contributed by atoms with E-state index in [9.17, 15) is 0 Å². The van der Waals surface area contributed by atoms with Gasteiger partial charge in [-0.3, -0.25) is 4.90 Å². The normalized spacial score (nSPS) is 27.6. The molecule has 0 aromatic rings. The quantitative estimate of drug-likeness (QED) is 0.848. The summed E-state index contributed by atoms with van der Waals surface area (Å²) >= 11 is 0. The molecule has 2 aliphatic rings. The molecule has 0 saturated carbocycles. The van der Waals surface area contributed by atoms with Crippen molar-refractivity contribution in [2.45, 2.75) is 64.5 Å². The van der Waals surface area contributed by atoms with Crippen molar-refractivity contribution in [3.8, 4) is 0 Å². The van der Waals surface area contributed by atoms with Gasteiger partial charge in [0.15, 0.2) is 0 Å². The van der Waals surface area contributed by atoms with Crippen LogP contribution in [0.4, 0.5) is 0 Å². The van der Waals surface area contributed by atoms with E-state index < -0.39 is 0 Å². The van der Waals surface area contributed by atoms with Crippen LogP contribution in [0, 0.1) is 5.92 Å². The number of nitrogens with one attached hydrogen (secondary N) is 1. The second-order valence-electron chi connectivity index (χ2n) is 7.33. The minimum Gasteiger partial charge on any atom is -0.381 e. The lowest BCUT2D eigenvalue weighted by atomic mass is 9.95. The summed E-state index contributed by atoms with van der Waals surface area (Å²) < 4.78 is 5.48. The number of likely N-dealkylation sites (tertiary alicyclic amines) is 1. The van der Waals surface area contributed by atoms with Gasteiger partial charge in [-0.1, -0.05) is 6.42 Å². The highest BCUT2D eigenvalue weighted by atomic mass is 16.5. The fourth-order valence-corrected chi connectivity index (χ4v) is 3.22. The van der Waals surface area contributed by atoms with Crippen LogP contribution in [0.2, 0.25) is 0 Å². The van der Waals surface area contributed by atoms with Crippen LogP contribution < -0.4 is 5.32 Å². The summed E-state index contributed by atoms with van der Waals surface area (Å²) in [5, 5.41) is 3.69. The molecule has 1 N–H and O–H groups in total. The molecule has 112 valence electrons. The molecular formula is C16H32N2O. The van der Waals surface area contributed by atoms with Gasteiger partial charge >= 0.3 is 0 Å². The summed E-state index contributed by atoms with van der Waals surface area (Å²) in [7, 11) is 0. The lowest BCUT2D eigenvalue weighted by molar-refractivity contribution is 0.0377. The number of piperidine rings is 1. The first kappa shape index (κ1) is 15.3. The van der Waals surface area contributed by atoms with Crippen molar-refractivity contribution in [2.75, 3.05) is 32.8 Å². The largest absolute Gasteiger partial charge is 0.381 e. The van der Waals surface area contributed by atoms with Crippen LogP contribution in [0.5, 0.6) is 0 Å². The van der Waals surface area contributed by atoms with E-state index in [0.29, 0.717) is 0 Å². The van der Waals surface area contributed by atoms with Gasteiger partial charge in [0.1, 0.15) is 0 Å². The molecule has 2 fully saturated rings. The zero-order valence-corrected chi connectivity index (χ0v) is 13.1. The SMILES string of the molecule is CC(C)(C)NCC1CCCCN1CC1CCOCC1. The predicted octanol–water partition coefficient (Wildman–Crippen LogP) is 2.66. The molecule has 0 radical (unpaired) electrons. The van der Waals surface area contributed by atoms with E-state index in [1.54, 1.807) is 0 Å². The minimum absolute atomic E-state index is 0.238. The highest BCUT2D eigenvalue weighted by Gasteiger charge is 2.26. The summed E-state index contributed by atoms with van der Waals surface area (Å²) in [5.41, 5.74) is 0.238. The molecule has 19 heavy (non-hydrogen) atoms. The fourth-order valence-electron chi connectivity index (χ4n) is 3.22. The minimum atomic E-state index is 0.238. The molecule has 2 heterocycles. The van der Waals surface area contributed by atoms with Crippen LogP contribution in [0.15, 0.2) is 0 Å². The van der Waals surface area contributed by atoms with Gasteiger partial charge < -0.3 is 10.1 Å². The zero-order chi connectivity index (χ0) is 13.7. The Morgan fingerprint density at radius 1 is 1.11 bits per heavy atom. The molecule has 1 unspecified atom stereocenters. The van der Waals surface area contributed by atoms with Crippen LogP contribution in [0.3, 0.4) is 0 Å². The van der Waals surface area contributed by atoms with E-state index in [1.807, 2.05) is 0 Å². The van der Waals surface area contributed by atoms with E-state index in [-0.39, 0.29) is 5.54 Å². The second-order valence-corrected chi connectivity index (χ2v) is 7.33. The summed E-state index contributed by atoms with van der Waals surface area (Å²) in [4.78, 5) is 2.75. The van der Waals surface area contributed by atoms with Gasteiger partial charge in [0, 0.05) is 37.9 Å². The first-order chi connectivity index (χ1) is 9.04. The average molecular weight is 268 g/mol. The standard InChI is InChI=1S/C16H32N2O/c1-16(2,3)17-12-15-6-4-5-9-18(15)13-14-7-10-19-11-8-14/h14-15,17H,4-13H2,1-3H3. The van der Waals surface area contributed by atoms with Crippen LogP contribution in [-0.4, -0.2) is 49.3 Å². The first-order valence-electron chi connectivity index (χ1n) is 8.11. The fraction of sp³-hybridized carbons (Fsp3) is 1.00. The molecule has 0 spiro atoms. The topological polar surface area (TPSA) is 24.5 Å². The summed E-state index contributed by atoms with van der Waals surface area (Å²) in [6.07, 6.45) is 6.67. The summed E-state index contributed by atoms with van der Waals surface area (Å²) in [6, 6.07) is 0.746. The Bertz CT molecular complexity index is 256.